The number of nitrogens with one attached hydrogen (secondary N) is 1. The lowest BCUT2D eigenvalue weighted by molar-refractivity contribution is 0.602. The summed E-state index contributed by atoms with van der Waals surface area (Å²) in [4.78, 5) is 33.3. The van der Waals surface area contributed by atoms with Crippen LogP contribution >= 0.6 is 0 Å². The van der Waals surface area contributed by atoms with Crippen LogP contribution in [-0.2, 0) is 13.6 Å². The van der Waals surface area contributed by atoms with E-state index in [1.165, 1.54) is 15.7 Å². The molecule has 0 amide bonds. The Balaban J connectivity index is 2.00. The first-order valence-corrected chi connectivity index (χ1v) is 8.01. The lowest BCUT2D eigenvalue weighted by atomic mass is 10.1. The number of imidazole rings is 1. The summed E-state index contributed by atoms with van der Waals surface area (Å²) in [7, 11) is 1.63. The van der Waals surface area contributed by atoms with E-state index in [1.807, 2.05) is 4.57 Å². The molecule has 3 heterocycles. The molecule has 0 fully saturated rings. The van der Waals surface area contributed by atoms with E-state index in [-0.39, 0.29) is 5.56 Å². The number of anilines is 2. The quantitative estimate of drug-likeness (QED) is 0.737. The molecule has 0 bridgehead atoms. The first-order valence-electron chi connectivity index (χ1n) is 8.01. The smallest absolute Gasteiger partial charge is 0.312 e. The van der Waals surface area contributed by atoms with Gasteiger partial charge in [-0.15, -0.1) is 0 Å². The summed E-state index contributed by atoms with van der Waals surface area (Å²) in [5, 5.41) is 0. The van der Waals surface area contributed by atoms with Crippen molar-refractivity contribution in [2.75, 3.05) is 11.4 Å². The maximum atomic E-state index is 12.3. The minimum Gasteiger partial charge on any atom is -0.312 e. The zero-order valence-electron chi connectivity index (χ0n) is 14.0. The van der Waals surface area contributed by atoms with E-state index < -0.39 is 5.69 Å². The van der Waals surface area contributed by atoms with Gasteiger partial charge < -0.3 is 9.47 Å². The van der Waals surface area contributed by atoms with Gasteiger partial charge in [0.1, 0.15) is 0 Å². The van der Waals surface area contributed by atoms with Crippen LogP contribution in [0.25, 0.3) is 11.2 Å². The molecule has 1 aromatic carbocycles. The third-order valence-electron chi connectivity index (χ3n) is 4.63. The topological polar surface area (TPSA) is 75.9 Å². The fourth-order valence-electron chi connectivity index (χ4n) is 3.46. The second kappa shape index (κ2) is 5.09. The van der Waals surface area contributed by atoms with Crippen molar-refractivity contribution in [3.63, 3.8) is 0 Å². The second-order valence-corrected chi connectivity index (χ2v) is 6.35. The van der Waals surface area contributed by atoms with Crippen LogP contribution in [0.1, 0.15) is 17.5 Å². The van der Waals surface area contributed by atoms with Crippen molar-refractivity contribution >= 4 is 22.8 Å². The molecule has 0 unspecified atom stereocenters. The average molecular weight is 325 g/mol. The van der Waals surface area contributed by atoms with Crippen LogP contribution in [0.3, 0.4) is 0 Å². The number of rotatable bonds is 1. The highest BCUT2D eigenvalue weighted by atomic mass is 16.2. The average Bonchev–Trinajstić information content (AvgIpc) is 2.93. The minimum atomic E-state index is -0.444. The van der Waals surface area contributed by atoms with Crippen molar-refractivity contribution in [2.45, 2.75) is 26.8 Å². The number of hydrogen-bond donors (Lipinski definition) is 1. The van der Waals surface area contributed by atoms with Gasteiger partial charge in [0.15, 0.2) is 11.2 Å². The molecule has 124 valence electrons. The lowest BCUT2D eigenvalue weighted by Gasteiger charge is -2.30. The number of aromatic amines is 1. The molecule has 0 radical (unpaired) electrons. The van der Waals surface area contributed by atoms with E-state index in [0.29, 0.717) is 17.7 Å². The van der Waals surface area contributed by atoms with Gasteiger partial charge in [0, 0.05) is 25.8 Å². The number of H-pyrrole nitrogens is 1. The van der Waals surface area contributed by atoms with Gasteiger partial charge in [-0.3, -0.25) is 14.3 Å². The normalized spacial score (nSPS) is 14.2. The Labute approximate surface area is 138 Å². The Hall–Kier alpha value is -2.83. The predicted molar refractivity (Wildman–Crippen MR) is 93.1 cm³/mol. The number of fused-ring (bicyclic) bond motifs is 3. The zero-order valence-corrected chi connectivity index (χ0v) is 14.0. The van der Waals surface area contributed by atoms with Crippen molar-refractivity contribution < 1.29 is 0 Å². The highest BCUT2D eigenvalue weighted by Crippen LogP contribution is 2.33. The molecular weight excluding hydrogens is 306 g/mol. The van der Waals surface area contributed by atoms with Gasteiger partial charge in [-0.25, -0.2) is 4.79 Å². The Morgan fingerprint density at radius 3 is 2.71 bits per heavy atom. The molecule has 3 aromatic rings. The monoisotopic (exact) mass is 325 g/mol. The molecule has 1 N–H and O–H groups in total. The van der Waals surface area contributed by atoms with E-state index in [9.17, 15) is 9.59 Å². The maximum absolute atomic E-state index is 12.3. The van der Waals surface area contributed by atoms with E-state index in [2.05, 4.69) is 46.9 Å². The minimum absolute atomic E-state index is 0.380. The van der Waals surface area contributed by atoms with Crippen LogP contribution in [0.5, 0.6) is 0 Å². The van der Waals surface area contributed by atoms with Crippen molar-refractivity contribution in [3.05, 3.63) is 50.2 Å². The van der Waals surface area contributed by atoms with Gasteiger partial charge in [-0.2, -0.15) is 4.98 Å². The largest absolute Gasteiger partial charge is 0.329 e. The summed E-state index contributed by atoms with van der Waals surface area (Å²) in [6.07, 6.45) is 0.911. The summed E-state index contributed by atoms with van der Waals surface area (Å²) in [5.74, 6) is 0.718. The molecule has 7 nitrogen and oxygen atoms in total. The standard InChI is InChI=1S/C17H19N5O2/c1-10-5-6-12(11(2)9-10)21-7-4-8-22-13-14(18-16(21)22)20(3)17(24)19-15(13)23/h5-6,9H,4,7-8H2,1-3H3,(H,19,23,24). The molecule has 7 heteroatoms. The molecule has 4 rings (SSSR count). The van der Waals surface area contributed by atoms with Crippen LogP contribution in [0.2, 0.25) is 0 Å². The van der Waals surface area contributed by atoms with Crippen LogP contribution < -0.4 is 16.1 Å². The summed E-state index contributed by atoms with van der Waals surface area (Å²) >= 11 is 0. The van der Waals surface area contributed by atoms with Gasteiger partial charge in [0.25, 0.3) is 5.56 Å². The highest BCUT2D eigenvalue weighted by Gasteiger charge is 2.26. The van der Waals surface area contributed by atoms with Crippen LogP contribution in [0, 0.1) is 13.8 Å². The van der Waals surface area contributed by atoms with Gasteiger partial charge >= 0.3 is 5.69 Å². The Kier molecular flexibility index (Phi) is 3.13. The lowest BCUT2D eigenvalue weighted by Crippen LogP contribution is -2.31. The van der Waals surface area contributed by atoms with Crippen LogP contribution in [0.15, 0.2) is 27.8 Å². The Bertz CT molecular complexity index is 1070. The summed E-state index contributed by atoms with van der Waals surface area (Å²) in [6.45, 7) is 5.69. The zero-order chi connectivity index (χ0) is 17.0. The fourth-order valence-corrected chi connectivity index (χ4v) is 3.46. The number of aryl methyl sites for hydroxylation is 4. The summed E-state index contributed by atoms with van der Waals surface area (Å²) in [5.41, 5.74) is 3.52. The van der Waals surface area contributed by atoms with Gasteiger partial charge in [-0.1, -0.05) is 17.7 Å². The van der Waals surface area contributed by atoms with Gasteiger partial charge in [-0.05, 0) is 31.9 Å². The number of nitrogens with zero attached hydrogens (tertiary/aromatic N) is 4. The molecule has 2 aromatic heterocycles. The van der Waals surface area contributed by atoms with Crippen molar-refractivity contribution in [2.24, 2.45) is 7.05 Å². The molecule has 0 spiro atoms. The van der Waals surface area contributed by atoms with E-state index >= 15 is 0 Å². The fraction of sp³-hybridized carbons (Fsp3) is 0.353. The number of benzene rings is 1. The van der Waals surface area contributed by atoms with Gasteiger partial charge in [0.2, 0.25) is 5.95 Å². The summed E-state index contributed by atoms with van der Waals surface area (Å²) in [6, 6.07) is 6.30. The molecule has 1 aliphatic rings. The highest BCUT2D eigenvalue weighted by molar-refractivity contribution is 5.77. The Morgan fingerprint density at radius 1 is 1.17 bits per heavy atom. The van der Waals surface area contributed by atoms with Crippen molar-refractivity contribution in [3.8, 4) is 0 Å². The molecule has 0 saturated heterocycles. The SMILES string of the molecule is Cc1ccc(N2CCCn3c2nc2c3c(=O)[nH]c(=O)n2C)c(C)c1. The summed E-state index contributed by atoms with van der Waals surface area (Å²) < 4.78 is 3.30. The molecule has 24 heavy (non-hydrogen) atoms. The third kappa shape index (κ3) is 2.01. The first-order chi connectivity index (χ1) is 11.5. The van der Waals surface area contributed by atoms with E-state index in [0.717, 1.165) is 24.6 Å². The van der Waals surface area contributed by atoms with Crippen molar-refractivity contribution in [1.29, 1.82) is 0 Å². The molecule has 0 saturated carbocycles. The first kappa shape index (κ1) is 14.7. The van der Waals surface area contributed by atoms with E-state index in [4.69, 9.17) is 0 Å². The molecule has 0 aliphatic carbocycles. The van der Waals surface area contributed by atoms with Crippen LogP contribution in [-0.4, -0.2) is 25.6 Å². The third-order valence-corrected chi connectivity index (χ3v) is 4.63. The van der Waals surface area contributed by atoms with E-state index in [1.54, 1.807) is 7.05 Å². The van der Waals surface area contributed by atoms with Crippen molar-refractivity contribution in [1.82, 2.24) is 19.1 Å². The molecular formula is C17H19N5O2. The van der Waals surface area contributed by atoms with Crippen LogP contribution in [0.4, 0.5) is 11.6 Å². The second-order valence-electron chi connectivity index (χ2n) is 6.35. The number of hydrogen-bond acceptors (Lipinski definition) is 4. The molecule has 1 aliphatic heterocycles. The predicted octanol–water partition coefficient (Wildman–Crippen LogP) is 1.58. The Morgan fingerprint density at radius 2 is 1.96 bits per heavy atom. The number of aromatic nitrogens is 4. The molecule has 0 atom stereocenters. The maximum Gasteiger partial charge on any atom is 0.329 e. The van der Waals surface area contributed by atoms with Gasteiger partial charge in [0.05, 0.1) is 0 Å².